The normalized spacial score (nSPS) is 24.3. The Balaban J connectivity index is 1.26. The van der Waals surface area contributed by atoms with Crippen LogP contribution in [0.25, 0.3) is 11.5 Å². The molecule has 0 radical (unpaired) electrons. The number of ether oxygens (including phenoxy) is 1. The topological polar surface area (TPSA) is 99.9 Å². The van der Waals surface area contributed by atoms with Gasteiger partial charge in [-0.1, -0.05) is 0 Å². The summed E-state index contributed by atoms with van der Waals surface area (Å²) in [7, 11) is 1.94. The number of aryl methyl sites for hydroxylation is 2. The number of aromatic nitrogens is 7. The lowest BCUT2D eigenvalue weighted by Crippen LogP contribution is -2.44. The van der Waals surface area contributed by atoms with Crippen molar-refractivity contribution in [3.05, 3.63) is 23.5 Å². The summed E-state index contributed by atoms with van der Waals surface area (Å²) in [6.45, 7) is 4.76. The van der Waals surface area contributed by atoms with Crippen molar-refractivity contribution < 1.29 is 9.26 Å². The van der Waals surface area contributed by atoms with E-state index in [9.17, 15) is 0 Å². The molecular formula is C18H22N8O2. The van der Waals surface area contributed by atoms with Gasteiger partial charge in [0, 0.05) is 25.2 Å². The first kappa shape index (κ1) is 16.2. The zero-order valence-corrected chi connectivity index (χ0v) is 16.0. The molecule has 0 bridgehead atoms. The molecule has 2 aliphatic heterocycles. The summed E-state index contributed by atoms with van der Waals surface area (Å²) in [5.74, 6) is 3.56. The van der Waals surface area contributed by atoms with Crippen LogP contribution in [0.3, 0.4) is 0 Å². The maximum absolute atomic E-state index is 6.27. The molecule has 10 heteroatoms. The zero-order valence-electron chi connectivity index (χ0n) is 16.0. The number of hydrogen-bond donors (Lipinski definition) is 0. The van der Waals surface area contributed by atoms with Crippen LogP contribution in [-0.4, -0.2) is 53.4 Å². The molecule has 0 N–H and O–H groups in total. The standard InChI is InChI=1S/C18H22N8O2/c1-11-7-13(22-24(11)2)15-21-20-14-8-27-18(10-26(14)15)5-6-25(9-18)17-19-16(28-23-17)12-3-4-12/h7,12H,3-6,8-10H2,1-2H3. The van der Waals surface area contributed by atoms with Gasteiger partial charge >= 0.3 is 0 Å². The summed E-state index contributed by atoms with van der Waals surface area (Å²) in [5, 5.41) is 17.5. The Morgan fingerprint density at radius 1 is 1.21 bits per heavy atom. The average Bonchev–Trinajstić information content (AvgIpc) is 3.03. The van der Waals surface area contributed by atoms with Crippen molar-refractivity contribution in [1.29, 1.82) is 0 Å². The molecule has 0 amide bonds. The summed E-state index contributed by atoms with van der Waals surface area (Å²) in [4.78, 5) is 6.75. The van der Waals surface area contributed by atoms with Crippen molar-refractivity contribution in [2.75, 3.05) is 18.0 Å². The van der Waals surface area contributed by atoms with Gasteiger partial charge in [-0.2, -0.15) is 10.1 Å². The Labute approximate surface area is 161 Å². The minimum absolute atomic E-state index is 0.297. The molecule has 10 nitrogen and oxygen atoms in total. The molecule has 5 heterocycles. The SMILES string of the molecule is Cc1cc(-c2nnc3n2CC2(CCN(c4noc(C5CC5)n4)C2)OC3)nn1C. The van der Waals surface area contributed by atoms with Crippen molar-refractivity contribution in [2.24, 2.45) is 7.05 Å². The fraction of sp³-hybridized carbons (Fsp3) is 0.611. The maximum atomic E-state index is 6.27. The number of hydrogen-bond acceptors (Lipinski definition) is 8. The van der Waals surface area contributed by atoms with Gasteiger partial charge in [0.05, 0.1) is 13.1 Å². The fourth-order valence-corrected chi connectivity index (χ4v) is 4.13. The largest absolute Gasteiger partial charge is 0.363 e. The van der Waals surface area contributed by atoms with Crippen LogP contribution in [0.1, 0.15) is 42.6 Å². The molecule has 6 rings (SSSR count). The lowest BCUT2D eigenvalue weighted by molar-refractivity contribution is -0.0748. The van der Waals surface area contributed by atoms with Crippen LogP contribution in [0.5, 0.6) is 0 Å². The Bertz CT molecular complexity index is 1030. The molecule has 1 saturated heterocycles. The van der Waals surface area contributed by atoms with Crippen molar-refractivity contribution in [2.45, 2.75) is 50.9 Å². The van der Waals surface area contributed by atoms with E-state index in [0.717, 1.165) is 61.3 Å². The van der Waals surface area contributed by atoms with E-state index in [1.807, 2.05) is 24.7 Å². The molecule has 2 fully saturated rings. The third-order valence-electron chi connectivity index (χ3n) is 6.08. The molecule has 1 saturated carbocycles. The van der Waals surface area contributed by atoms with Gasteiger partial charge in [-0.3, -0.25) is 4.68 Å². The van der Waals surface area contributed by atoms with Crippen LogP contribution < -0.4 is 4.90 Å². The molecular weight excluding hydrogens is 360 g/mol. The highest BCUT2D eigenvalue weighted by molar-refractivity contribution is 5.50. The van der Waals surface area contributed by atoms with E-state index in [1.54, 1.807) is 0 Å². The van der Waals surface area contributed by atoms with Crippen LogP contribution in [0.4, 0.5) is 5.95 Å². The van der Waals surface area contributed by atoms with E-state index in [4.69, 9.17) is 9.26 Å². The summed E-state index contributed by atoms with van der Waals surface area (Å²) in [6, 6.07) is 2.04. The van der Waals surface area contributed by atoms with E-state index in [2.05, 4.69) is 34.9 Å². The molecule has 0 aromatic carbocycles. The predicted octanol–water partition coefficient (Wildman–Crippen LogP) is 1.43. The summed E-state index contributed by atoms with van der Waals surface area (Å²) < 4.78 is 15.7. The van der Waals surface area contributed by atoms with Crippen molar-refractivity contribution in [3.8, 4) is 11.5 Å². The third kappa shape index (κ3) is 2.47. The van der Waals surface area contributed by atoms with Gasteiger partial charge in [0.2, 0.25) is 5.89 Å². The average molecular weight is 382 g/mol. The number of fused-ring (bicyclic) bond motifs is 1. The van der Waals surface area contributed by atoms with Gasteiger partial charge in [-0.05, 0) is 37.4 Å². The second-order valence-corrected chi connectivity index (χ2v) is 8.17. The van der Waals surface area contributed by atoms with E-state index < -0.39 is 0 Å². The van der Waals surface area contributed by atoms with Crippen LogP contribution >= 0.6 is 0 Å². The van der Waals surface area contributed by atoms with Gasteiger partial charge in [-0.15, -0.1) is 10.2 Å². The first-order valence-electron chi connectivity index (χ1n) is 9.76. The van der Waals surface area contributed by atoms with Gasteiger partial charge < -0.3 is 18.7 Å². The smallest absolute Gasteiger partial charge is 0.266 e. The number of anilines is 1. The Morgan fingerprint density at radius 3 is 2.89 bits per heavy atom. The van der Waals surface area contributed by atoms with Crippen LogP contribution in [0.2, 0.25) is 0 Å². The van der Waals surface area contributed by atoms with Crippen LogP contribution in [-0.2, 0) is 24.9 Å². The summed E-state index contributed by atoms with van der Waals surface area (Å²) in [6.07, 6.45) is 3.21. The number of nitrogens with zero attached hydrogens (tertiary/aromatic N) is 8. The van der Waals surface area contributed by atoms with E-state index in [-0.39, 0.29) is 5.60 Å². The molecule has 1 spiro atoms. The lowest BCUT2D eigenvalue weighted by Gasteiger charge is -2.34. The zero-order chi connectivity index (χ0) is 18.9. The van der Waals surface area contributed by atoms with Crippen molar-refractivity contribution in [1.82, 2.24) is 34.7 Å². The highest BCUT2D eigenvalue weighted by Crippen LogP contribution is 2.40. The molecule has 1 unspecified atom stereocenters. The third-order valence-corrected chi connectivity index (χ3v) is 6.08. The van der Waals surface area contributed by atoms with Crippen LogP contribution in [0, 0.1) is 6.92 Å². The number of rotatable bonds is 3. The Hall–Kier alpha value is -2.75. The molecule has 146 valence electrons. The minimum Gasteiger partial charge on any atom is -0.363 e. The first-order valence-corrected chi connectivity index (χ1v) is 9.76. The predicted molar refractivity (Wildman–Crippen MR) is 97.6 cm³/mol. The first-order chi connectivity index (χ1) is 13.6. The summed E-state index contributed by atoms with van der Waals surface area (Å²) in [5.41, 5.74) is 1.64. The molecule has 28 heavy (non-hydrogen) atoms. The van der Waals surface area contributed by atoms with E-state index >= 15 is 0 Å². The quantitative estimate of drug-likeness (QED) is 0.671. The molecule has 3 aromatic rings. The molecule has 3 aromatic heterocycles. The second-order valence-electron chi connectivity index (χ2n) is 8.17. The summed E-state index contributed by atoms with van der Waals surface area (Å²) >= 11 is 0. The van der Waals surface area contributed by atoms with E-state index in [1.165, 1.54) is 0 Å². The maximum Gasteiger partial charge on any atom is 0.266 e. The highest BCUT2D eigenvalue weighted by atomic mass is 16.5. The lowest BCUT2D eigenvalue weighted by atomic mass is 10.0. The monoisotopic (exact) mass is 382 g/mol. The van der Waals surface area contributed by atoms with Gasteiger partial charge in [0.15, 0.2) is 11.6 Å². The van der Waals surface area contributed by atoms with Gasteiger partial charge in [-0.25, -0.2) is 0 Å². The van der Waals surface area contributed by atoms with Crippen LogP contribution in [0.15, 0.2) is 10.6 Å². The molecule has 1 atom stereocenters. The minimum atomic E-state index is -0.297. The Kier molecular flexibility index (Phi) is 3.26. The molecule has 3 aliphatic rings. The van der Waals surface area contributed by atoms with Gasteiger partial charge in [0.1, 0.15) is 17.9 Å². The van der Waals surface area contributed by atoms with Crippen molar-refractivity contribution in [3.63, 3.8) is 0 Å². The Morgan fingerprint density at radius 2 is 2.11 bits per heavy atom. The fourth-order valence-electron chi connectivity index (χ4n) is 4.13. The van der Waals surface area contributed by atoms with E-state index in [0.29, 0.717) is 25.0 Å². The molecule has 1 aliphatic carbocycles. The second kappa shape index (κ2) is 5.63. The van der Waals surface area contributed by atoms with Gasteiger partial charge in [0.25, 0.3) is 5.95 Å². The highest BCUT2D eigenvalue weighted by Gasteiger charge is 2.45. The van der Waals surface area contributed by atoms with Crippen molar-refractivity contribution >= 4 is 5.95 Å².